The van der Waals surface area contributed by atoms with E-state index >= 15 is 0 Å². The Morgan fingerprint density at radius 1 is 1.35 bits per heavy atom. The Kier molecular flexibility index (Phi) is 5.02. The molecule has 1 aliphatic rings. The van der Waals surface area contributed by atoms with Gasteiger partial charge in [0.25, 0.3) is 5.19 Å². The van der Waals surface area contributed by atoms with E-state index in [4.69, 9.17) is 4.74 Å². The third-order valence-corrected chi connectivity index (χ3v) is 6.17. The van der Waals surface area contributed by atoms with Crippen molar-refractivity contribution in [2.45, 2.75) is 24.1 Å². The first kappa shape index (κ1) is 17.2. The molecule has 1 fully saturated rings. The fraction of sp³-hybridized carbons (Fsp3) is 0.438. The summed E-state index contributed by atoms with van der Waals surface area (Å²) in [5, 5.41) is 12.6. The van der Waals surface area contributed by atoms with Crippen LogP contribution >= 0.6 is 23.1 Å². The van der Waals surface area contributed by atoms with Gasteiger partial charge in [-0.25, -0.2) is 9.67 Å². The standard InChI is InChI=1S/C16H18N6O2S2/c1-21-15(18-19-20-21)25-10-14(23)22-8-6-11(7-9-22)24-16-17-12-4-2-3-5-13(12)26-16/h2-5,11H,6-10H2,1H3. The molecule has 1 aliphatic heterocycles. The Labute approximate surface area is 158 Å². The molecule has 0 atom stereocenters. The van der Waals surface area contributed by atoms with Gasteiger partial charge in [0, 0.05) is 33.0 Å². The molecule has 3 aromatic rings. The number of tetrazole rings is 1. The van der Waals surface area contributed by atoms with Crippen LogP contribution in [0.15, 0.2) is 29.4 Å². The third-order valence-electron chi connectivity index (χ3n) is 4.24. The van der Waals surface area contributed by atoms with Gasteiger partial charge in [-0.2, -0.15) is 0 Å². The summed E-state index contributed by atoms with van der Waals surface area (Å²) in [6, 6.07) is 8.02. The fourth-order valence-corrected chi connectivity index (χ4v) is 4.46. The molecule has 2 aromatic heterocycles. The molecule has 0 bridgehead atoms. The normalized spacial score (nSPS) is 15.5. The molecule has 0 aliphatic carbocycles. The molecule has 1 amide bonds. The second-order valence-electron chi connectivity index (χ2n) is 6.02. The molecule has 136 valence electrons. The predicted octanol–water partition coefficient (Wildman–Crippen LogP) is 1.98. The van der Waals surface area contributed by atoms with Crippen LogP contribution in [0.25, 0.3) is 10.2 Å². The molecular formula is C16H18N6O2S2. The molecule has 0 N–H and O–H groups in total. The first-order chi connectivity index (χ1) is 12.7. The number of rotatable bonds is 5. The number of hydrogen-bond acceptors (Lipinski definition) is 8. The highest BCUT2D eigenvalue weighted by Crippen LogP contribution is 2.29. The van der Waals surface area contributed by atoms with Crippen LogP contribution in [0.3, 0.4) is 0 Å². The SMILES string of the molecule is Cn1nnnc1SCC(=O)N1CCC(Oc2nc3ccccc3s2)CC1. The molecule has 3 heterocycles. The zero-order valence-electron chi connectivity index (χ0n) is 14.2. The Bertz CT molecular complexity index is 870. The number of ether oxygens (including phenoxy) is 1. The van der Waals surface area contributed by atoms with Crippen molar-refractivity contribution in [2.75, 3.05) is 18.8 Å². The van der Waals surface area contributed by atoms with Gasteiger partial charge in [0.05, 0.1) is 16.0 Å². The van der Waals surface area contributed by atoms with E-state index in [1.807, 2.05) is 29.2 Å². The maximum absolute atomic E-state index is 12.4. The number of nitrogens with zero attached hydrogens (tertiary/aromatic N) is 6. The fourth-order valence-electron chi connectivity index (χ4n) is 2.83. The maximum Gasteiger partial charge on any atom is 0.274 e. The van der Waals surface area contributed by atoms with Crippen molar-refractivity contribution >= 4 is 39.2 Å². The summed E-state index contributed by atoms with van der Waals surface area (Å²) in [5.41, 5.74) is 0.968. The lowest BCUT2D eigenvalue weighted by Crippen LogP contribution is -2.42. The van der Waals surface area contributed by atoms with E-state index in [2.05, 4.69) is 20.5 Å². The lowest BCUT2D eigenvalue weighted by atomic mass is 10.1. The largest absolute Gasteiger partial charge is 0.467 e. The van der Waals surface area contributed by atoms with E-state index in [1.54, 1.807) is 23.1 Å². The van der Waals surface area contributed by atoms with Crippen molar-refractivity contribution in [3.8, 4) is 5.19 Å². The number of likely N-dealkylation sites (tertiary alicyclic amines) is 1. The summed E-state index contributed by atoms with van der Waals surface area (Å²) in [6.07, 6.45) is 1.74. The van der Waals surface area contributed by atoms with Gasteiger partial charge >= 0.3 is 0 Å². The van der Waals surface area contributed by atoms with Crippen LogP contribution < -0.4 is 4.74 Å². The molecule has 26 heavy (non-hydrogen) atoms. The quantitative estimate of drug-likeness (QED) is 0.616. The van der Waals surface area contributed by atoms with Crippen molar-refractivity contribution in [1.82, 2.24) is 30.1 Å². The number of aryl methyl sites for hydroxylation is 1. The molecule has 0 saturated carbocycles. The topological polar surface area (TPSA) is 86.0 Å². The second-order valence-corrected chi connectivity index (χ2v) is 7.95. The van der Waals surface area contributed by atoms with Crippen molar-refractivity contribution < 1.29 is 9.53 Å². The Morgan fingerprint density at radius 3 is 2.88 bits per heavy atom. The van der Waals surface area contributed by atoms with Gasteiger partial charge in [0.15, 0.2) is 0 Å². The summed E-state index contributed by atoms with van der Waals surface area (Å²) >= 11 is 2.92. The summed E-state index contributed by atoms with van der Waals surface area (Å²) < 4.78 is 8.73. The van der Waals surface area contributed by atoms with Crippen LogP contribution in [0.4, 0.5) is 0 Å². The molecule has 0 radical (unpaired) electrons. The highest BCUT2D eigenvalue weighted by molar-refractivity contribution is 7.99. The number of hydrogen-bond donors (Lipinski definition) is 0. The molecule has 1 aromatic carbocycles. The van der Waals surface area contributed by atoms with Crippen molar-refractivity contribution in [2.24, 2.45) is 7.05 Å². The van der Waals surface area contributed by atoms with Crippen LogP contribution in [-0.2, 0) is 11.8 Å². The smallest absolute Gasteiger partial charge is 0.274 e. The van der Waals surface area contributed by atoms with Gasteiger partial charge < -0.3 is 9.64 Å². The van der Waals surface area contributed by atoms with Gasteiger partial charge in [-0.1, -0.05) is 35.2 Å². The van der Waals surface area contributed by atoms with Gasteiger partial charge in [-0.05, 0) is 22.6 Å². The second kappa shape index (κ2) is 7.58. The van der Waals surface area contributed by atoms with Gasteiger partial charge in [0.1, 0.15) is 6.10 Å². The highest BCUT2D eigenvalue weighted by Gasteiger charge is 2.25. The van der Waals surface area contributed by atoms with Crippen LogP contribution in [-0.4, -0.2) is 60.9 Å². The molecule has 1 saturated heterocycles. The number of fused-ring (bicyclic) bond motifs is 1. The summed E-state index contributed by atoms with van der Waals surface area (Å²) in [4.78, 5) is 18.8. The first-order valence-electron chi connectivity index (χ1n) is 8.34. The minimum Gasteiger partial charge on any atom is -0.467 e. The zero-order chi connectivity index (χ0) is 17.9. The van der Waals surface area contributed by atoms with E-state index < -0.39 is 0 Å². The van der Waals surface area contributed by atoms with E-state index in [1.165, 1.54) is 11.8 Å². The number of benzene rings is 1. The first-order valence-corrected chi connectivity index (χ1v) is 10.1. The van der Waals surface area contributed by atoms with Crippen molar-refractivity contribution in [3.63, 3.8) is 0 Å². The van der Waals surface area contributed by atoms with Gasteiger partial charge in [-0.3, -0.25) is 4.79 Å². The van der Waals surface area contributed by atoms with Crippen molar-refractivity contribution in [3.05, 3.63) is 24.3 Å². The zero-order valence-corrected chi connectivity index (χ0v) is 15.9. The number of amides is 1. The number of thioether (sulfide) groups is 1. The Hall–Kier alpha value is -2.20. The number of para-hydroxylation sites is 1. The number of thiazole rings is 1. The van der Waals surface area contributed by atoms with E-state index in [0.29, 0.717) is 29.2 Å². The average molecular weight is 390 g/mol. The number of carbonyl (C=O) groups is 1. The Morgan fingerprint density at radius 2 is 2.15 bits per heavy atom. The van der Waals surface area contributed by atoms with E-state index in [-0.39, 0.29) is 12.0 Å². The van der Waals surface area contributed by atoms with Crippen molar-refractivity contribution in [1.29, 1.82) is 0 Å². The molecule has 0 unspecified atom stereocenters. The monoisotopic (exact) mass is 390 g/mol. The number of piperidine rings is 1. The summed E-state index contributed by atoms with van der Waals surface area (Å²) in [7, 11) is 1.76. The number of carbonyl (C=O) groups excluding carboxylic acids is 1. The molecule has 10 heteroatoms. The third kappa shape index (κ3) is 3.80. The predicted molar refractivity (Wildman–Crippen MR) is 99.4 cm³/mol. The van der Waals surface area contributed by atoms with E-state index in [0.717, 1.165) is 23.1 Å². The minimum atomic E-state index is 0.107. The average Bonchev–Trinajstić information content (AvgIpc) is 3.25. The van der Waals surface area contributed by atoms with Crippen LogP contribution in [0.5, 0.6) is 5.19 Å². The summed E-state index contributed by atoms with van der Waals surface area (Å²) in [6.45, 7) is 1.40. The van der Waals surface area contributed by atoms with Gasteiger partial charge in [0.2, 0.25) is 11.1 Å². The number of aromatic nitrogens is 5. The minimum absolute atomic E-state index is 0.107. The maximum atomic E-state index is 12.4. The molecule has 8 nitrogen and oxygen atoms in total. The van der Waals surface area contributed by atoms with Crippen LogP contribution in [0.2, 0.25) is 0 Å². The Balaban J connectivity index is 1.27. The molecular weight excluding hydrogens is 372 g/mol. The molecule has 4 rings (SSSR count). The summed E-state index contributed by atoms with van der Waals surface area (Å²) in [5.74, 6) is 0.453. The van der Waals surface area contributed by atoms with Gasteiger partial charge in [-0.15, -0.1) is 5.10 Å². The lowest BCUT2D eigenvalue weighted by molar-refractivity contribution is -0.130. The van der Waals surface area contributed by atoms with Crippen LogP contribution in [0, 0.1) is 0 Å². The lowest BCUT2D eigenvalue weighted by Gasteiger charge is -2.31. The van der Waals surface area contributed by atoms with E-state index in [9.17, 15) is 4.79 Å². The molecule has 0 spiro atoms. The highest BCUT2D eigenvalue weighted by atomic mass is 32.2. The van der Waals surface area contributed by atoms with Crippen LogP contribution in [0.1, 0.15) is 12.8 Å².